The van der Waals surface area contributed by atoms with Crippen molar-refractivity contribution in [2.45, 2.75) is 20.8 Å². The fourth-order valence-electron chi connectivity index (χ4n) is 1.07. The first-order valence-electron chi connectivity index (χ1n) is 5.09. The van der Waals surface area contributed by atoms with E-state index in [2.05, 4.69) is 0 Å². The molecular formula is C12H18O4. The summed E-state index contributed by atoms with van der Waals surface area (Å²) in [6.07, 6.45) is 0.600. The molecule has 1 aromatic carbocycles. The highest BCUT2D eigenvalue weighted by molar-refractivity contribution is 5.80. The molecule has 0 atom stereocenters. The Labute approximate surface area is 95.8 Å². The molecule has 0 saturated heterocycles. The molecule has 0 unspecified atom stereocenters. The van der Waals surface area contributed by atoms with Gasteiger partial charge < -0.3 is 14.6 Å². The molecule has 0 aliphatic carbocycles. The van der Waals surface area contributed by atoms with Crippen molar-refractivity contribution < 1.29 is 19.4 Å². The maximum Gasteiger partial charge on any atom is 0.188 e. The molecule has 0 aliphatic rings. The summed E-state index contributed by atoms with van der Waals surface area (Å²) in [5, 5.41) is 9.36. The molecule has 1 N–H and O–H groups in total. The van der Waals surface area contributed by atoms with Crippen molar-refractivity contribution in [2.24, 2.45) is 0 Å². The summed E-state index contributed by atoms with van der Waals surface area (Å²) >= 11 is 0. The van der Waals surface area contributed by atoms with Crippen LogP contribution in [0.2, 0.25) is 0 Å². The lowest BCUT2D eigenvalue weighted by Crippen LogP contribution is -2.00. The third-order valence-corrected chi connectivity index (χ3v) is 1.78. The smallest absolute Gasteiger partial charge is 0.188 e. The first kappa shape index (κ1) is 14.5. The maximum atomic E-state index is 10.5. The van der Waals surface area contributed by atoms with Crippen LogP contribution in [0, 0.1) is 6.92 Å². The molecule has 1 aromatic rings. The average Bonchev–Trinajstić information content (AvgIpc) is 2.32. The van der Waals surface area contributed by atoms with Gasteiger partial charge in [0.05, 0.1) is 5.56 Å². The highest BCUT2D eigenvalue weighted by atomic mass is 16.7. The molecule has 4 nitrogen and oxygen atoms in total. The van der Waals surface area contributed by atoms with Gasteiger partial charge in [0.2, 0.25) is 0 Å². The number of aldehydes is 1. The van der Waals surface area contributed by atoms with Crippen LogP contribution in [0.25, 0.3) is 0 Å². The van der Waals surface area contributed by atoms with E-state index < -0.39 is 0 Å². The number of hydrogen-bond donors (Lipinski definition) is 1. The van der Waals surface area contributed by atoms with Gasteiger partial charge in [-0.2, -0.15) is 0 Å². The van der Waals surface area contributed by atoms with Gasteiger partial charge in [-0.3, -0.25) is 4.79 Å². The number of aromatic hydroxyl groups is 1. The zero-order valence-corrected chi connectivity index (χ0v) is 10.1. The molecule has 0 bridgehead atoms. The topological polar surface area (TPSA) is 55.8 Å². The first-order valence-corrected chi connectivity index (χ1v) is 5.09. The zero-order chi connectivity index (χ0) is 12.6. The number of rotatable bonds is 4. The van der Waals surface area contributed by atoms with Crippen LogP contribution >= 0.6 is 0 Å². The Morgan fingerprint density at radius 3 is 2.50 bits per heavy atom. The Kier molecular flexibility index (Phi) is 6.96. The van der Waals surface area contributed by atoms with E-state index in [0.29, 0.717) is 12.0 Å². The fraction of sp³-hybridized carbons (Fsp3) is 0.417. The molecule has 16 heavy (non-hydrogen) atoms. The number of phenols is 1. The second-order valence-electron chi connectivity index (χ2n) is 2.85. The summed E-state index contributed by atoms with van der Waals surface area (Å²) < 4.78 is 9.89. The Bertz CT molecular complexity index is 334. The van der Waals surface area contributed by atoms with Gasteiger partial charge in [0.15, 0.2) is 13.1 Å². The van der Waals surface area contributed by atoms with Crippen LogP contribution in [0.5, 0.6) is 11.5 Å². The number of methoxy groups -OCH3 is 1. The fourth-order valence-corrected chi connectivity index (χ4v) is 1.07. The predicted molar refractivity (Wildman–Crippen MR) is 62.1 cm³/mol. The highest BCUT2D eigenvalue weighted by Crippen LogP contribution is 2.26. The van der Waals surface area contributed by atoms with E-state index >= 15 is 0 Å². The van der Waals surface area contributed by atoms with E-state index in [0.717, 1.165) is 5.56 Å². The second kappa shape index (κ2) is 7.70. The van der Waals surface area contributed by atoms with Gasteiger partial charge in [-0.1, -0.05) is 13.8 Å². The molecule has 0 amide bonds. The molecule has 90 valence electrons. The third kappa shape index (κ3) is 3.90. The number of carbonyl (C=O) groups excluding carboxylic acids is 1. The van der Waals surface area contributed by atoms with Gasteiger partial charge in [0, 0.05) is 13.2 Å². The zero-order valence-electron chi connectivity index (χ0n) is 10.1. The van der Waals surface area contributed by atoms with E-state index in [4.69, 9.17) is 9.47 Å². The van der Waals surface area contributed by atoms with Gasteiger partial charge in [-0.25, -0.2) is 0 Å². The summed E-state index contributed by atoms with van der Waals surface area (Å²) in [6.45, 7) is 5.90. The normalized spacial score (nSPS) is 9.00. The Morgan fingerprint density at radius 1 is 1.38 bits per heavy atom. The summed E-state index contributed by atoms with van der Waals surface area (Å²) in [5.41, 5.74) is 1.04. The first-order chi connectivity index (χ1) is 7.69. The van der Waals surface area contributed by atoms with E-state index in [1.165, 1.54) is 13.2 Å². The summed E-state index contributed by atoms with van der Waals surface area (Å²) in [4.78, 5) is 10.5. The molecule has 0 spiro atoms. The highest BCUT2D eigenvalue weighted by Gasteiger charge is 2.06. The lowest BCUT2D eigenvalue weighted by atomic mass is 10.1. The molecule has 1 rings (SSSR count). The minimum atomic E-state index is -0.0864. The van der Waals surface area contributed by atoms with Crippen LogP contribution in [-0.2, 0) is 4.74 Å². The standard InChI is InChI=1S/C10H12O4.C2H6/c1-7-3-8(5-11)9(12)4-10(7)14-6-13-2;1-2/h3-5,12H,6H2,1-2H3;1-2H3. The molecule has 0 aromatic heterocycles. The molecule has 0 radical (unpaired) electrons. The quantitative estimate of drug-likeness (QED) is 0.633. The van der Waals surface area contributed by atoms with Crippen molar-refractivity contribution in [3.63, 3.8) is 0 Å². The van der Waals surface area contributed by atoms with Gasteiger partial charge in [0.1, 0.15) is 11.5 Å². The summed E-state index contributed by atoms with van der Waals surface area (Å²) in [6, 6.07) is 2.96. The SMILES string of the molecule is CC.COCOc1cc(O)c(C=O)cc1C. The minimum Gasteiger partial charge on any atom is -0.507 e. The molecule has 0 fully saturated rings. The minimum absolute atomic E-state index is 0.0864. The van der Waals surface area contributed by atoms with E-state index in [1.807, 2.05) is 13.8 Å². The van der Waals surface area contributed by atoms with Crippen LogP contribution in [0.3, 0.4) is 0 Å². The predicted octanol–water partition coefficient (Wildman–Crippen LogP) is 2.52. The molecule has 4 heteroatoms. The average molecular weight is 226 g/mol. The van der Waals surface area contributed by atoms with Crippen LogP contribution in [0.1, 0.15) is 29.8 Å². The molecule has 0 aliphatic heterocycles. The van der Waals surface area contributed by atoms with E-state index in [-0.39, 0.29) is 18.1 Å². The number of hydrogen-bond acceptors (Lipinski definition) is 4. The number of carbonyl (C=O) groups is 1. The number of aryl methyl sites for hydroxylation is 1. The van der Waals surface area contributed by atoms with Crippen molar-refractivity contribution in [3.8, 4) is 11.5 Å². The largest absolute Gasteiger partial charge is 0.507 e. The molecule has 0 heterocycles. The van der Waals surface area contributed by atoms with E-state index in [1.54, 1.807) is 13.0 Å². The van der Waals surface area contributed by atoms with Crippen molar-refractivity contribution >= 4 is 6.29 Å². The third-order valence-electron chi connectivity index (χ3n) is 1.78. The van der Waals surface area contributed by atoms with Crippen molar-refractivity contribution in [1.29, 1.82) is 0 Å². The number of ether oxygens (including phenoxy) is 2. The summed E-state index contributed by atoms with van der Waals surface area (Å²) in [7, 11) is 1.51. The monoisotopic (exact) mass is 226 g/mol. The second-order valence-corrected chi connectivity index (χ2v) is 2.85. The van der Waals surface area contributed by atoms with Crippen molar-refractivity contribution in [3.05, 3.63) is 23.3 Å². The van der Waals surface area contributed by atoms with Gasteiger partial charge in [-0.05, 0) is 18.6 Å². The summed E-state index contributed by atoms with van der Waals surface area (Å²) in [5.74, 6) is 0.423. The van der Waals surface area contributed by atoms with Crippen LogP contribution in [0.15, 0.2) is 12.1 Å². The van der Waals surface area contributed by atoms with Crippen molar-refractivity contribution in [1.82, 2.24) is 0 Å². The van der Waals surface area contributed by atoms with Crippen molar-refractivity contribution in [2.75, 3.05) is 13.9 Å². The van der Waals surface area contributed by atoms with E-state index in [9.17, 15) is 9.90 Å². The molecule has 0 saturated carbocycles. The lowest BCUT2D eigenvalue weighted by Gasteiger charge is -2.09. The van der Waals surface area contributed by atoms with Crippen LogP contribution in [0.4, 0.5) is 0 Å². The Morgan fingerprint density at radius 2 is 2.00 bits per heavy atom. The lowest BCUT2D eigenvalue weighted by molar-refractivity contribution is 0.0505. The molecular weight excluding hydrogens is 208 g/mol. The van der Waals surface area contributed by atoms with Crippen LogP contribution < -0.4 is 4.74 Å². The van der Waals surface area contributed by atoms with Gasteiger partial charge in [-0.15, -0.1) is 0 Å². The Balaban J connectivity index is 0.00000106. The Hall–Kier alpha value is -1.55. The number of phenolic OH excluding ortho intramolecular Hbond substituents is 1. The van der Waals surface area contributed by atoms with Gasteiger partial charge in [0.25, 0.3) is 0 Å². The van der Waals surface area contributed by atoms with Crippen LogP contribution in [-0.4, -0.2) is 25.3 Å². The van der Waals surface area contributed by atoms with Gasteiger partial charge >= 0.3 is 0 Å². The number of benzene rings is 1. The maximum absolute atomic E-state index is 10.5.